The fourth-order valence-electron chi connectivity index (χ4n) is 3.59. The topological polar surface area (TPSA) is 67.9 Å². The summed E-state index contributed by atoms with van der Waals surface area (Å²) in [6, 6.07) is 13.2. The molecule has 1 aliphatic rings. The molecule has 0 spiro atoms. The van der Waals surface area contributed by atoms with Gasteiger partial charge in [-0.1, -0.05) is 35.9 Å². The summed E-state index contributed by atoms with van der Waals surface area (Å²) >= 11 is 0. The van der Waals surface area contributed by atoms with Gasteiger partial charge in [-0.3, -0.25) is 9.59 Å². The first-order valence-corrected chi connectivity index (χ1v) is 11.2. The summed E-state index contributed by atoms with van der Waals surface area (Å²) in [6.45, 7) is 11.1. The number of benzene rings is 2. The lowest BCUT2D eigenvalue weighted by atomic mass is 10.1. The van der Waals surface area contributed by atoms with E-state index in [9.17, 15) is 9.59 Å². The molecule has 1 heterocycles. The summed E-state index contributed by atoms with van der Waals surface area (Å²) in [6.07, 6.45) is 0.867. The van der Waals surface area contributed by atoms with Gasteiger partial charge < -0.3 is 19.7 Å². The summed E-state index contributed by atoms with van der Waals surface area (Å²) in [5.74, 6) is 1.24. The normalized spacial score (nSPS) is 13.9. The number of hydrogen-bond donors (Lipinski definition) is 1. The van der Waals surface area contributed by atoms with Crippen molar-refractivity contribution >= 4 is 11.8 Å². The highest BCUT2D eigenvalue weighted by Crippen LogP contribution is 2.31. The molecule has 1 unspecified atom stereocenters. The van der Waals surface area contributed by atoms with Crippen LogP contribution < -0.4 is 14.8 Å². The number of nitrogens with one attached hydrogen (secondary N) is 1. The zero-order chi connectivity index (χ0) is 23.3. The summed E-state index contributed by atoms with van der Waals surface area (Å²) < 4.78 is 11.2. The van der Waals surface area contributed by atoms with Crippen molar-refractivity contribution in [2.75, 3.05) is 13.2 Å². The van der Waals surface area contributed by atoms with Gasteiger partial charge in [-0.15, -0.1) is 0 Å². The molecule has 0 aromatic heterocycles. The van der Waals surface area contributed by atoms with E-state index >= 15 is 0 Å². The number of ether oxygens (including phenoxy) is 2. The van der Waals surface area contributed by atoms with Gasteiger partial charge in [0.1, 0.15) is 19.3 Å². The summed E-state index contributed by atoms with van der Waals surface area (Å²) in [7, 11) is 0. The van der Waals surface area contributed by atoms with Gasteiger partial charge >= 0.3 is 0 Å². The van der Waals surface area contributed by atoms with E-state index < -0.39 is 6.04 Å². The Labute approximate surface area is 190 Å². The Kier molecular flexibility index (Phi) is 7.44. The Bertz CT molecular complexity index is 947. The summed E-state index contributed by atoms with van der Waals surface area (Å²) in [5, 5.41) is 2.99. The maximum absolute atomic E-state index is 13.3. The number of hydrogen-bond acceptors (Lipinski definition) is 4. The molecule has 0 saturated carbocycles. The minimum atomic E-state index is -0.580. The van der Waals surface area contributed by atoms with Crippen LogP contribution in [0.4, 0.5) is 0 Å². The van der Waals surface area contributed by atoms with Crippen LogP contribution in [0.2, 0.25) is 0 Å². The molecule has 1 aliphatic heterocycles. The van der Waals surface area contributed by atoms with E-state index in [0.717, 1.165) is 28.2 Å². The third-order valence-electron chi connectivity index (χ3n) is 5.37. The molecule has 0 saturated heterocycles. The van der Waals surface area contributed by atoms with Crippen LogP contribution in [0.3, 0.4) is 0 Å². The van der Waals surface area contributed by atoms with Crippen LogP contribution in [-0.4, -0.2) is 41.5 Å². The van der Waals surface area contributed by atoms with E-state index in [1.807, 2.05) is 70.2 Å². The van der Waals surface area contributed by atoms with Crippen molar-refractivity contribution in [3.8, 4) is 11.5 Å². The van der Waals surface area contributed by atoms with Gasteiger partial charge in [-0.2, -0.15) is 0 Å². The lowest BCUT2D eigenvalue weighted by Crippen LogP contribution is -2.52. The Morgan fingerprint density at radius 2 is 1.62 bits per heavy atom. The van der Waals surface area contributed by atoms with Crippen LogP contribution in [0.1, 0.15) is 50.8 Å². The van der Waals surface area contributed by atoms with E-state index in [1.54, 1.807) is 11.8 Å². The Morgan fingerprint density at radius 1 is 1.00 bits per heavy atom. The van der Waals surface area contributed by atoms with Crippen LogP contribution in [0, 0.1) is 6.92 Å². The molecule has 6 heteroatoms. The molecule has 3 rings (SSSR count). The molecule has 0 aliphatic carbocycles. The smallest absolute Gasteiger partial charge is 0.242 e. The molecule has 1 N–H and O–H groups in total. The predicted octanol–water partition coefficient (Wildman–Crippen LogP) is 4.03. The highest BCUT2D eigenvalue weighted by molar-refractivity contribution is 5.87. The maximum Gasteiger partial charge on any atom is 0.242 e. The zero-order valence-electron chi connectivity index (χ0n) is 19.7. The van der Waals surface area contributed by atoms with Crippen molar-refractivity contribution in [1.29, 1.82) is 0 Å². The van der Waals surface area contributed by atoms with E-state index in [-0.39, 0.29) is 17.4 Å². The SMILES string of the molecule is Cc1ccc(CN(C(=O)CCc2ccc3c(c2)OCCO3)C(C)C(=O)NC(C)(C)C)cc1. The molecule has 2 aromatic rings. The number of rotatable bonds is 7. The molecule has 0 fully saturated rings. The Morgan fingerprint density at radius 3 is 2.28 bits per heavy atom. The first kappa shape index (κ1) is 23.6. The molecule has 6 nitrogen and oxygen atoms in total. The van der Waals surface area contributed by atoms with Crippen molar-refractivity contribution in [2.24, 2.45) is 0 Å². The van der Waals surface area contributed by atoms with Gasteiger partial charge in [0.2, 0.25) is 11.8 Å². The second-order valence-electron chi connectivity index (χ2n) is 9.40. The largest absolute Gasteiger partial charge is 0.486 e. The molecule has 0 radical (unpaired) electrons. The lowest BCUT2D eigenvalue weighted by molar-refractivity contribution is -0.141. The number of carbonyl (C=O) groups excluding carboxylic acids is 2. The highest BCUT2D eigenvalue weighted by Gasteiger charge is 2.28. The number of nitrogens with zero attached hydrogens (tertiary/aromatic N) is 1. The second-order valence-corrected chi connectivity index (χ2v) is 9.40. The molecule has 0 bridgehead atoms. The van der Waals surface area contributed by atoms with Crippen LogP contribution >= 0.6 is 0 Å². The van der Waals surface area contributed by atoms with E-state index in [1.165, 1.54) is 0 Å². The minimum absolute atomic E-state index is 0.0583. The summed E-state index contributed by atoms with van der Waals surface area (Å²) in [4.78, 5) is 27.8. The number of fused-ring (bicyclic) bond motifs is 1. The molecular weight excluding hydrogens is 404 g/mol. The van der Waals surface area contributed by atoms with E-state index in [4.69, 9.17) is 9.47 Å². The number of carbonyl (C=O) groups is 2. The molecule has 1 atom stereocenters. The average Bonchev–Trinajstić information content (AvgIpc) is 2.75. The predicted molar refractivity (Wildman–Crippen MR) is 125 cm³/mol. The van der Waals surface area contributed by atoms with Crippen LogP contribution in [-0.2, 0) is 22.6 Å². The fraction of sp³-hybridized carbons (Fsp3) is 0.462. The van der Waals surface area contributed by atoms with Crippen molar-refractivity contribution in [3.63, 3.8) is 0 Å². The van der Waals surface area contributed by atoms with Gasteiger partial charge in [-0.05, 0) is 64.3 Å². The molecule has 2 aromatic carbocycles. The van der Waals surface area contributed by atoms with E-state index in [0.29, 0.717) is 32.6 Å². The van der Waals surface area contributed by atoms with Gasteiger partial charge in [0.15, 0.2) is 11.5 Å². The minimum Gasteiger partial charge on any atom is -0.486 e. The third-order valence-corrected chi connectivity index (χ3v) is 5.37. The van der Waals surface area contributed by atoms with Crippen LogP contribution in [0.25, 0.3) is 0 Å². The van der Waals surface area contributed by atoms with Crippen molar-refractivity contribution < 1.29 is 19.1 Å². The van der Waals surface area contributed by atoms with E-state index in [2.05, 4.69) is 5.32 Å². The molecule has 172 valence electrons. The molecular formula is C26H34N2O4. The van der Waals surface area contributed by atoms with Gasteiger partial charge in [0, 0.05) is 18.5 Å². The number of amides is 2. The highest BCUT2D eigenvalue weighted by atomic mass is 16.6. The van der Waals surface area contributed by atoms with Crippen molar-refractivity contribution in [1.82, 2.24) is 10.2 Å². The first-order valence-electron chi connectivity index (χ1n) is 11.2. The van der Waals surface area contributed by atoms with Gasteiger partial charge in [-0.25, -0.2) is 0 Å². The maximum atomic E-state index is 13.3. The van der Waals surface area contributed by atoms with Crippen LogP contribution in [0.15, 0.2) is 42.5 Å². The zero-order valence-corrected chi connectivity index (χ0v) is 19.7. The Balaban J connectivity index is 1.73. The third kappa shape index (κ3) is 6.49. The molecule has 32 heavy (non-hydrogen) atoms. The summed E-state index contributed by atoms with van der Waals surface area (Å²) in [5.41, 5.74) is 2.79. The first-order chi connectivity index (χ1) is 15.1. The van der Waals surface area contributed by atoms with Crippen molar-refractivity contribution in [2.45, 2.75) is 65.6 Å². The van der Waals surface area contributed by atoms with Gasteiger partial charge in [0.05, 0.1) is 0 Å². The Hall–Kier alpha value is -3.02. The second kappa shape index (κ2) is 10.1. The molecule has 2 amide bonds. The lowest BCUT2D eigenvalue weighted by Gasteiger charge is -2.31. The van der Waals surface area contributed by atoms with Gasteiger partial charge in [0.25, 0.3) is 0 Å². The van der Waals surface area contributed by atoms with Crippen LogP contribution in [0.5, 0.6) is 11.5 Å². The fourth-order valence-corrected chi connectivity index (χ4v) is 3.59. The average molecular weight is 439 g/mol. The van der Waals surface area contributed by atoms with Crippen molar-refractivity contribution in [3.05, 3.63) is 59.2 Å². The quantitative estimate of drug-likeness (QED) is 0.709. The monoisotopic (exact) mass is 438 g/mol. The number of aryl methyl sites for hydroxylation is 2. The standard InChI is InChI=1S/C26H34N2O4/c1-18-6-8-21(9-7-18)17-28(19(2)25(30)27-26(3,4)5)24(29)13-11-20-10-12-22-23(16-20)32-15-14-31-22/h6-10,12,16,19H,11,13-15,17H2,1-5H3,(H,27,30).